The highest BCUT2D eigenvalue weighted by molar-refractivity contribution is 7.99. The van der Waals surface area contributed by atoms with Crippen LogP contribution in [0.3, 0.4) is 0 Å². The van der Waals surface area contributed by atoms with Crippen molar-refractivity contribution in [3.63, 3.8) is 0 Å². The number of ether oxygens (including phenoxy) is 1. The van der Waals surface area contributed by atoms with Crippen molar-refractivity contribution in [3.8, 4) is 0 Å². The SMILES string of the molecule is CCOC(=O)c1cnn(C)c1CNC1CCCSC1. The summed E-state index contributed by atoms with van der Waals surface area (Å²) in [6.45, 7) is 2.86. The van der Waals surface area contributed by atoms with Crippen LogP contribution in [0.4, 0.5) is 0 Å². The molecule has 0 aliphatic carbocycles. The summed E-state index contributed by atoms with van der Waals surface area (Å²) >= 11 is 1.99. The van der Waals surface area contributed by atoms with Gasteiger partial charge in [0, 0.05) is 25.4 Å². The molecule has 1 aliphatic rings. The Morgan fingerprint density at radius 2 is 2.53 bits per heavy atom. The van der Waals surface area contributed by atoms with Gasteiger partial charge in [-0.3, -0.25) is 4.68 Å². The molecule has 5 nitrogen and oxygen atoms in total. The van der Waals surface area contributed by atoms with Gasteiger partial charge in [-0.15, -0.1) is 0 Å². The Balaban J connectivity index is 1.98. The van der Waals surface area contributed by atoms with Crippen molar-refractivity contribution in [1.82, 2.24) is 15.1 Å². The Labute approximate surface area is 118 Å². The number of esters is 1. The van der Waals surface area contributed by atoms with Crippen molar-refractivity contribution >= 4 is 17.7 Å². The van der Waals surface area contributed by atoms with Gasteiger partial charge in [0.15, 0.2) is 0 Å². The van der Waals surface area contributed by atoms with Crippen LogP contribution in [-0.2, 0) is 18.3 Å². The smallest absolute Gasteiger partial charge is 0.341 e. The Kier molecular flexibility index (Phi) is 5.27. The summed E-state index contributed by atoms with van der Waals surface area (Å²) in [6, 6.07) is 0.531. The number of rotatable bonds is 5. The Hall–Kier alpha value is -1.01. The molecular weight excluding hydrogens is 262 g/mol. The topological polar surface area (TPSA) is 56.1 Å². The Morgan fingerprint density at radius 1 is 1.68 bits per heavy atom. The summed E-state index contributed by atoms with van der Waals surface area (Å²) in [4.78, 5) is 11.8. The van der Waals surface area contributed by atoms with E-state index in [0.29, 0.717) is 24.8 Å². The largest absolute Gasteiger partial charge is 0.462 e. The molecule has 0 spiro atoms. The molecule has 1 atom stereocenters. The number of aryl methyl sites for hydroxylation is 1. The number of carbonyl (C=O) groups excluding carboxylic acids is 1. The average Bonchev–Trinajstić information content (AvgIpc) is 2.79. The van der Waals surface area contributed by atoms with Crippen LogP contribution in [0.15, 0.2) is 6.20 Å². The normalized spacial score (nSPS) is 19.4. The van der Waals surface area contributed by atoms with E-state index in [2.05, 4.69) is 10.4 Å². The maximum Gasteiger partial charge on any atom is 0.341 e. The maximum absolute atomic E-state index is 11.8. The van der Waals surface area contributed by atoms with E-state index in [-0.39, 0.29) is 5.97 Å². The third kappa shape index (κ3) is 3.73. The minimum atomic E-state index is -0.287. The van der Waals surface area contributed by atoms with Crippen LogP contribution in [0.5, 0.6) is 0 Å². The van der Waals surface area contributed by atoms with Crippen molar-refractivity contribution in [2.45, 2.75) is 32.4 Å². The van der Waals surface area contributed by atoms with E-state index in [1.165, 1.54) is 18.6 Å². The third-order valence-corrected chi connectivity index (χ3v) is 4.49. The van der Waals surface area contributed by atoms with Gasteiger partial charge in [-0.2, -0.15) is 16.9 Å². The van der Waals surface area contributed by atoms with E-state index < -0.39 is 0 Å². The quantitative estimate of drug-likeness (QED) is 0.832. The van der Waals surface area contributed by atoms with Crippen LogP contribution >= 0.6 is 11.8 Å². The van der Waals surface area contributed by atoms with Gasteiger partial charge in [0.25, 0.3) is 0 Å². The highest BCUT2D eigenvalue weighted by Gasteiger charge is 2.19. The number of thioether (sulfide) groups is 1. The number of carbonyl (C=O) groups is 1. The first-order chi connectivity index (χ1) is 9.22. The molecule has 0 radical (unpaired) electrons. The van der Waals surface area contributed by atoms with Gasteiger partial charge in [0.1, 0.15) is 5.56 Å². The van der Waals surface area contributed by atoms with Crippen LogP contribution in [0, 0.1) is 0 Å². The Bertz CT molecular complexity index is 428. The fourth-order valence-electron chi connectivity index (χ4n) is 2.19. The van der Waals surface area contributed by atoms with Crippen LogP contribution in [0.25, 0.3) is 0 Å². The lowest BCUT2D eigenvalue weighted by molar-refractivity contribution is 0.0524. The molecule has 1 unspecified atom stereocenters. The number of nitrogens with zero attached hydrogens (tertiary/aromatic N) is 2. The molecule has 1 fully saturated rings. The first kappa shape index (κ1) is 14.4. The van der Waals surface area contributed by atoms with E-state index in [1.807, 2.05) is 25.7 Å². The summed E-state index contributed by atoms with van der Waals surface area (Å²) in [6.07, 6.45) is 4.06. The van der Waals surface area contributed by atoms with Crippen molar-refractivity contribution in [1.29, 1.82) is 0 Å². The lowest BCUT2D eigenvalue weighted by Gasteiger charge is -2.22. The first-order valence-electron chi connectivity index (χ1n) is 6.71. The lowest BCUT2D eigenvalue weighted by atomic mass is 10.1. The van der Waals surface area contributed by atoms with E-state index in [4.69, 9.17) is 4.74 Å². The molecule has 0 bridgehead atoms. The molecule has 0 saturated carbocycles. The second-order valence-corrected chi connectivity index (χ2v) is 5.79. The molecule has 19 heavy (non-hydrogen) atoms. The van der Waals surface area contributed by atoms with E-state index in [9.17, 15) is 4.79 Å². The van der Waals surface area contributed by atoms with Gasteiger partial charge >= 0.3 is 5.97 Å². The highest BCUT2D eigenvalue weighted by atomic mass is 32.2. The predicted molar refractivity (Wildman–Crippen MR) is 76.4 cm³/mol. The molecule has 0 aromatic carbocycles. The van der Waals surface area contributed by atoms with E-state index >= 15 is 0 Å². The minimum absolute atomic E-state index is 0.287. The van der Waals surface area contributed by atoms with Gasteiger partial charge in [0.2, 0.25) is 0 Å². The molecule has 2 heterocycles. The number of hydrogen-bond donors (Lipinski definition) is 1. The summed E-state index contributed by atoms with van der Waals surface area (Å²) in [5.41, 5.74) is 1.47. The molecule has 106 valence electrons. The zero-order valence-electron chi connectivity index (χ0n) is 11.5. The van der Waals surface area contributed by atoms with E-state index in [0.717, 1.165) is 11.4 Å². The summed E-state index contributed by atoms with van der Waals surface area (Å²) in [5.74, 6) is 2.12. The monoisotopic (exact) mass is 283 g/mol. The molecule has 1 saturated heterocycles. The molecule has 0 amide bonds. The molecule has 1 aromatic heterocycles. The summed E-state index contributed by atoms with van der Waals surface area (Å²) < 4.78 is 6.79. The standard InChI is InChI=1S/C13H21N3O2S/c1-3-18-13(17)11-7-15-16(2)12(11)8-14-10-5-4-6-19-9-10/h7,10,14H,3-6,8-9H2,1-2H3. The van der Waals surface area contributed by atoms with Crippen molar-refractivity contribution in [2.75, 3.05) is 18.1 Å². The zero-order valence-corrected chi connectivity index (χ0v) is 12.3. The van der Waals surface area contributed by atoms with Crippen molar-refractivity contribution in [3.05, 3.63) is 17.5 Å². The van der Waals surface area contributed by atoms with Crippen LogP contribution in [0.1, 0.15) is 35.8 Å². The summed E-state index contributed by atoms with van der Waals surface area (Å²) in [7, 11) is 1.86. The highest BCUT2D eigenvalue weighted by Crippen LogP contribution is 2.18. The van der Waals surface area contributed by atoms with Gasteiger partial charge in [-0.1, -0.05) is 0 Å². The molecular formula is C13H21N3O2S. The molecule has 2 rings (SSSR count). The van der Waals surface area contributed by atoms with Crippen molar-refractivity contribution < 1.29 is 9.53 Å². The molecule has 1 aromatic rings. The predicted octanol–water partition coefficient (Wildman–Crippen LogP) is 1.58. The van der Waals surface area contributed by atoms with E-state index in [1.54, 1.807) is 10.9 Å². The van der Waals surface area contributed by atoms with Gasteiger partial charge < -0.3 is 10.1 Å². The second kappa shape index (κ2) is 6.96. The fourth-order valence-corrected chi connectivity index (χ4v) is 3.30. The molecule has 1 aliphatic heterocycles. The number of nitrogens with one attached hydrogen (secondary N) is 1. The van der Waals surface area contributed by atoms with Gasteiger partial charge in [0.05, 0.1) is 18.5 Å². The van der Waals surface area contributed by atoms with Crippen LogP contribution in [0.2, 0.25) is 0 Å². The molecule has 1 N–H and O–H groups in total. The zero-order chi connectivity index (χ0) is 13.7. The first-order valence-corrected chi connectivity index (χ1v) is 7.87. The third-order valence-electron chi connectivity index (χ3n) is 3.28. The van der Waals surface area contributed by atoms with Gasteiger partial charge in [-0.25, -0.2) is 4.79 Å². The summed E-state index contributed by atoms with van der Waals surface area (Å²) in [5, 5.41) is 7.67. The second-order valence-electron chi connectivity index (χ2n) is 4.64. The lowest BCUT2D eigenvalue weighted by Crippen LogP contribution is -2.34. The minimum Gasteiger partial charge on any atom is -0.462 e. The van der Waals surface area contributed by atoms with Crippen LogP contribution < -0.4 is 5.32 Å². The maximum atomic E-state index is 11.8. The fraction of sp³-hybridized carbons (Fsp3) is 0.692. The van der Waals surface area contributed by atoms with Crippen molar-refractivity contribution in [2.24, 2.45) is 7.05 Å². The number of hydrogen-bond acceptors (Lipinski definition) is 5. The van der Waals surface area contributed by atoms with Crippen LogP contribution in [-0.4, -0.2) is 39.9 Å². The average molecular weight is 283 g/mol. The number of aromatic nitrogens is 2. The van der Waals surface area contributed by atoms with Gasteiger partial charge in [-0.05, 0) is 25.5 Å². The molecule has 6 heteroatoms. The Morgan fingerprint density at radius 3 is 3.21 bits per heavy atom.